The predicted molar refractivity (Wildman–Crippen MR) is 110 cm³/mol. The number of rotatable bonds is 4. The minimum Gasteiger partial charge on any atom is -0.371 e. The number of anilines is 1. The highest BCUT2D eigenvalue weighted by atomic mass is 35.5. The van der Waals surface area contributed by atoms with Gasteiger partial charge in [0.2, 0.25) is 0 Å². The fourth-order valence-corrected chi connectivity index (χ4v) is 3.79. The van der Waals surface area contributed by atoms with Gasteiger partial charge >= 0.3 is 0 Å². The van der Waals surface area contributed by atoms with E-state index in [0.717, 1.165) is 35.5 Å². The second-order valence-corrected chi connectivity index (χ2v) is 7.08. The minimum atomic E-state index is -0.126. The number of carbonyl (C=O) groups excluding carboxylic acids is 1. The second-order valence-electron chi connectivity index (χ2n) is 6.67. The summed E-state index contributed by atoms with van der Waals surface area (Å²) < 4.78 is 0. The van der Waals surface area contributed by atoms with Crippen molar-refractivity contribution in [3.05, 3.63) is 70.8 Å². The summed E-state index contributed by atoms with van der Waals surface area (Å²) in [5.41, 5.74) is 4.19. The number of halogens is 1. The Morgan fingerprint density at radius 2 is 1.65 bits per heavy atom. The van der Waals surface area contributed by atoms with Crippen LogP contribution in [0.5, 0.6) is 0 Å². The highest BCUT2D eigenvalue weighted by Crippen LogP contribution is 2.33. The Morgan fingerprint density at radius 1 is 1.00 bits per heavy atom. The van der Waals surface area contributed by atoms with Gasteiger partial charge in [-0.3, -0.25) is 4.79 Å². The third-order valence-electron chi connectivity index (χ3n) is 4.97. The van der Waals surface area contributed by atoms with Gasteiger partial charge in [0, 0.05) is 37.0 Å². The van der Waals surface area contributed by atoms with E-state index in [4.69, 9.17) is 11.6 Å². The lowest BCUT2D eigenvalue weighted by Crippen LogP contribution is -2.23. The van der Waals surface area contributed by atoms with Gasteiger partial charge in [-0.05, 0) is 42.2 Å². The maximum Gasteiger partial charge on any atom is 0.251 e. The summed E-state index contributed by atoms with van der Waals surface area (Å²) in [5.74, 6) is -0.126. The van der Waals surface area contributed by atoms with E-state index in [1.54, 1.807) is 13.1 Å². The lowest BCUT2D eigenvalue weighted by atomic mass is 9.94. The van der Waals surface area contributed by atoms with Crippen molar-refractivity contribution in [3.63, 3.8) is 0 Å². The Bertz CT molecular complexity index is 808. The van der Waals surface area contributed by atoms with Gasteiger partial charge in [0.1, 0.15) is 0 Å². The van der Waals surface area contributed by atoms with Gasteiger partial charge < -0.3 is 10.2 Å². The smallest absolute Gasteiger partial charge is 0.251 e. The van der Waals surface area contributed by atoms with E-state index in [2.05, 4.69) is 22.9 Å². The molecule has 0 radical (unpaired) electrons. The molecule has 26 heavy (non-hydrogen) atoms. The molecule has 0 saturated carbocycles. The Kier molecular flexibility index (Phi) is 6.00. The maximum atomic E-state index is 12.2. The SMILES string of the molecule is C=C(c1ccc(N2CCCCCC2)cc1Cl)c1ccccc1C(=O)NC. The lowest BCUT2D eigenvalue weighted by Gasteiger charge is -2.23. The molecule has 3 rings (SSSR count). The fraction of sp³-hybridized carbons (Fsp3) is 0.318. The molecule has 1 aliphatic rings. The molecule has 4 heteroatoms. The molecule has 2 aromatic rings. The van der Waals surface area contributed by atoms with Crippen LogP contribution in [0.3, 0.4) is 0 Å². The Morgan fingerprint density at radius 3 is 2.27 bits per heavy atom. The van der Waals surface area contributed by atoms with Crippen molar-refractivity contribution in [1.82, 2.24) is 5.32 Å². The van der Waals surface area contributed by atoms with Crippen LogP contribution in [0, 0.1) is 0 Å². The molecule has 0 unspecified atom stereocenters. The van der Waals surface area contributed by atoms with E-state index in [0.29, 0.717) is 10.6 Å². The Labute approximate surface area is 160 Å². The predicted octanol–water partition coefficient (Wildman–Crippen LogP) is 5.14. The van der Waals surface area contributed by atoms with Crippen LogP contribution in [0.1, 0.15) is 47.2 Å². The molecule has 136 valence electrons. The molecule has 1 saturated heterocycles. The largest absolute Gasteiger partial charge is 0.371 e. The molecular formula is C22H25ClN2O. The quantitative estimate of drug-likeness (QED) is 0.810. The van der Waals surface area contributed by atoms with E-state index >= 15 is 0 Å². The lowest BCUT2D eigenvalue weighted by molar-refractivity contribution is 0.0963. The molecule has 0 bridgehead atoms. The second kappa shape index (κ2) is 8.41. The third kappa shape index (κ3) is 3.94. The summed E-state index contributed by atoms with van der Waals surface area (Å²) >= 11 is 6.61. The van der Waals surface area contributed by atoms with Gasteiger partial charge in [0.15, 0.2) is 0 Å². The minimum absolute atomic E-state index is 0.126. The van der Waals surface area contributed by atoms with Gasteiger partial charge in [-0.15, -0.1) is 0 Å². The molecule has 0 aliphatic carbocycles. The van der Waals surface area contributed by atoms with E-state index in [-0.39, 0.29) is 5.91 Å². The summed E-state index contributed by atoms with van der Waals surface area (Å²) in [6.45, 7) is 6.37. The molecule has 2 aromatic carbocycles. The summed E-state index contributed by atoms with van der Waals surface area (Å²) in [6.07, 6.45) is 5.06. The normalized spacial score (nSPS) is 14.6. The summed E-state index contributed by atoms with van der Waals surface area (Å²) in [4.78, 5) is 14.6. The zero-order valence-corrected chi connectivity index (χ0v) is 16.0. The van der Waals surface area contributed by atoms with Gasteiger partial charge in [-0.25, -0.2) is 0 Å². The van der Waals surface area contributed by atoms with Crippen LogP contribution in [-0.2, 0) is 0 Å². The molecule has 0 spiro atoms. The van der Waals surface area contributed by atoms with Gasteiger partial charge in [0.05, 0.1) is 5.02 Å². The molecule has 1 N–H and O–H groups in total. The number of amides is 1. The first-order chi connectivity index (χ1) is 12.6. The van der Waals surface area contributed by atoms with Crippen LogP contribution in [0.4, 0.5) is 5.69 Å². The molecule has 1 heterocycles. The molecule has 1 aliphatic heterocycles. The average Bonchev–Trinajstić information content (AvgIpc) is 2.96. The van der Waals surface area contributed by atoms with E-state index in [9.17, 15) is 4.79 Å². The molecule has 0 aromatic heterocycles. The number of nitrogens with zero attached hydrogens (tertiary/aromatic N) is 1. The number of carbonyl (C=O) groups is 1. The zero-order valence-electron chi connectivity index (χ0n) is 15.2. The maximum absolute atomic E-state index is 12.2. The van der Waals surface area contributed by atoms with Crippen LogP contribution >= 0.6 is 11.6 Å². The van der Waals surface area contributed by atoms with Gasteiger partial charge in [-0.2, -0.15) is 0 Å². The van der Waals surface area contributed by atoms with Crippen molar-refractivity contribution in [2.45, 2.75) is 25.7 Å². The van der Waals surface area contributed by atoms with Crippen molar-refractivity contribution in [2.75, 3.05) is 25.0 Å². The van der Waals surface area contributed by atoms with Crippen molar-refractivity contribution in [3.8, 4) is 0 Å². The number of nitrogens with one attached hydrogen (secondary N) is 1. The zero-order chi connectivity index (χ0) is 18.5. The number of hydrogen-bond donors (Lipinski definition) is 1. The molecular weight excluding hydrogens is 344 g/mol. The van der Waals surface area contributed by atoms with Crippen molar-refractivity contribution < 1.29 is 4.79 Å². The average molecular weight is 369 g/mol. The summed E-state index contributed by atoms with van der Waals surface area (Å²) in [7, 11) is 1.63. The molecule has 1 amide bonds. The molecule has 3 nitrogen and oxygen atoms in total. The highest BCUT2D eigenvalue weighted by molar-refractivity contribution is 6.33. The first kappa shape index (κ1) is 18.5. The standard InChI is InChI=1S/C22H25ClN2O/c1-16(18-9-5-6-10-20(18)22(26)24-2)19-12-11-17(15-21(19)23)25-13-7-3-4-8-14-25/h5-6,9-12,15H,1,3-4,7-8,13-14H2,2H3,(H,24,26). The van der Waals surface area contributed by atoms with Crippen molar-refractivity contribution in [2.24, 2.45) is 0 Å². The van der Waals surface area contributed by atoms with Crippen molar-refractivity contribution in [1.29, 1.82) is 0 Å². The van der Waals surface area contributed by atoms with Crippen molar-refractivity contribution >= 4 is 28.8 Å². The monoisotopic (exact) mass is 368 g/mol. The van der Waals surface area contributed by atoms with Crippen LogP contribution in [-0.4, -0.2) is 26.0 Å². The Balaban J connectivity index is 1.90. The first-order valence-electron chi connectivity index (χ1n) is 9.17. The Hall–Kier alpha value is -2.26. The summed E-state index contributed by atoms with van der Waals surface area (Å²) in [6, 6.07) is 13.6. The third-order valence-corrected chi connectivity index (χ3v) is 5.29. The topological polar surface area (TPSA) is 32.3 Å². The van der Waals surface area contributed by atoms with Crippen LogP contribution in [0.2, 0.25) is 5.02 Å². The van der Waals surface area contributed by atoms with Crippen LogP contribution < -0.4 is 10.2 Å². The van der Waals surface area contributed by atoms with Crippen LogP contribution in [0.25, 0.3) is 5.57 Å². The molecule has 1 fully saturated rings. The first-order valence-corrected chi connectivity index (χ1v) is 9.55. The van der Waals surface area contributed by atoms with E-state index in [1.165, 1.54) is 25.7 Å². The van der Waals surface area contributed by atoms with Gasteiger partial charge in [0.25, 0.3) is 5.91 Å². The molecule has 0 atom stereocenters. The van der Waals surface area contributed by atoms with Crippen LogP contribution in [0.15, 0.2) is 49.0 Å². The van der Waals surface area contributed by atoms with E-state index in [1.807, 2.05) is 30.3 Å². The number of benzene rings is 2. The number of hydrogen-bond acceptors (Lipinski definition) is 2. The fourth-order valence-electron chi connectivity index (χ4n) is 3.50. The summed E-state index contributed by atoms with van der Waals surface area (Å²) in [5, 5.41) is 3.35. The van der Waals surface area contributed by atoms with E-state index < -0.39 is 0 Å². The van der Waals surface area contributed by atoms with Gasteiger partial charge in [-0.1, -0.05) is 55.3 Å². The highest BCUT2D eigenvalue weighted by Gasteiger charge is 2.16.